The summed E-state index contributed by atoms with van der Waals surface area (Å²) in [4.78, 5) is 18.4. The Balaban J connectivity index is 0.000000149. The van der Waals surface area contributed by atoms with Gasteiger partial charge in [-0.15, -0.1) is 0 Å². The van der Waals surface area contributed by atoms with Crippen molar-refractivity contribution in [2.45, 2.75) is 0 Å². The topological polar surface area (TPSA) is 61.4 Å². The Bertz CT molecular complexity index is 4030. The lowest BCUT2D eigenvalue weighted by Gasteiger charge is -2.12. The van der Waals surface area contributed by atoms with E-state index in [0.717, 1.165) is 22.8 Å². The number of hydrogen-bond acceptors (Lipinski definition) is 4. The summed E-state index contributed by atoms with van der Waals surface area (Å²) < 4.78 is 4.17. The highest BCUT2D eigenvalue weighted by molar-refractivity contribution is 6.25. The van der Waals surface area contributed by atoms with E-state index >= 15 is 0 Å². The van der Waals surface area contributed by atoms with Gasteiger partial charge in [0, 0.05) is 24.8 Å². The standard InChI is InChI=1S/C40H24N2.C24H18N4/c1-3-27-11-13-31-9-7-25(35-21-17-29(5-1)37(27)39(31)35)15-19-33-23-42-34(24-41-33)20-16-26-8-10-32-14-12-28-4-2-6-30-18-22-36(26)40(32)38(28)30;1-3-7-23-19(5-1)9-13-27(23)15-11-21-17-26-22(18-25-21)12-16-28-14-10-20-6-2-4-8-24(20)28/h1-24H;1-18H. The number of aromatic nitrogens is 6. The molecule has 0 aliphatic heterocycles. The molecule has 6 heteroatoms. The maximum absolute atomic E-state index is 4.70. The van der Waals surface area contributed by atoms with Crippen LogP contribution in [0.2, 0.25) is 0 Å². The van der Waals surface area contributed by atoms with Crippen LogP contribution in [-0.4, -0.2) is 29.1 Å². The van der Waals surface area contributed by atoms with Gasteiger partial charge in [-0.3, -0.25) is 19.9 Å². The highest BCUT2D eigenvalue weighted by Gasteiger charge is 2.11. The summed E-state index contributed by atoms with van der Waals surface area (Å²) in [7, 11) is 0. The molecule has 0 saturated carbocycles. The van der Waals surface area contributed by atoms with Crippen molar-refractivity contribution in [3.05, 3.63) is 241 Å². The first-order valence-electron chi connectivity index (χ1n) is 23.5. The summed E-state index contributed by atoms with van der Waals surface area (Å²) in [6.07, 6.45) is 27.7. The van der Waals surface area contributed by atoms with Gasteiger partial charge >= 0.3 is 0 Å². The Kier molecular flexibility index (Phi) is 10.1. The van der Waals surface area contributed by atoms with E-state index in [1.165, 1.54) is 97.6 Å². The summed E-state index contributed by atoms with van der Waals surface area (Å²) >= 11 is 0. The Morgan fingerprint density at radius 3 is 1.03 bits per heavy atom. The fourth-order valence-electron chi connectivity index (χ4n) is 9.98. The highest BCUT2D eigenvalue weighted by Crippen LogP contribution is 2.38. The van der Waals surface area contributed by atoms with Gasteiger partial charge in [0.15, 0.2) is 0 Å². The molecule has 0 fully saturated rings. The van der Waals surface area contributed by atoms with Gasteiger partial charge in [0.2, 0.25) is 0 Å². The first-order chi connectivity index (χ1) is 34.7. The molecule has 4 heterocycles. The monoisotopic (exact) mass is 894 g/mol. The maximum atomic E-state index is 4.70. The lowest BCUT2D eigenvalue weighted by atomic mass is 9.92. The molecule has 0 spiro atoms. The lowest BCUT2D eigenvalue weighted by Crippen LogP contribution is -1.89. The van der Waals surface area contributed by atoms with Crippen LogP contribution in [-0.2, 0) is 0 Å². The predicted molar refractivity (Wildman–Crippen MR) is 297 cm³/mol. The van der Waals surface area contributed by atoms with Crippen molar-refractivity contribution in [2.24, 2.45) is 0 Å². The van der Waals surface area contributed by atoms with Crippen LogP contribution in [0.25, 0.3) is 135 Å². The van der Waals surface area contributed by atoms with Gasteiger partial charge in [0.25, 0.3) is 0 Å². The molecule has 10 aromatic carbocycles. The second-order valence-corrected chi connectivity index (χ2v) is 17.6. The van der Waals surface area contributed by atoms with Crippen LogP contribution in [0.5, 0.6) is 0 Å². The smallest absolute Gasteiger partial charge is 0.0828 e. The Morgan fingerprint density at radius 2 is 0.614 bits per heavy atom. The normalized spacial score (nSPS) is 12.3. The molecular weight excluding hydrogens is 853 g/mol. The molecule has 70 heavy (non-hydrogen) atoms. The molecule has 328 valence electrons. The third kappa shape index (κ3) is 7.50. The van der Waals surface area contributed by atoms with Crippen LogP contribution < -0.4 is 0 Å². The van der Waals surface area contributed by atoms with E-state index in [1.54, 1.807) is 12.4 Å². The van der Waals surface area contributed by atoms with Crippen molar-refractivity contribution < 1.29 is 0 Å². The van der Waals surface area contributed by atoms with Gasteiger partial charge < -0.3 is 9.13 Å². The average molecular weight is 895 g/mol. The van der Waals surface area contributed by atoms with E-state index in [9.17, 15) is 0 Å². The Morgan fingerprint density at radius 1 is 0.271 bits per heavy atom. The predicted octanol–water partition coefficient (Wildman–Crippen LogP) is 16.3. The molecule has 0 amide bonds. The minimum Gasteiger partial charge on any atom is -0.323 e. The van der Waals surface area contributed by atoms with Crippen LogP contribution in [0.4, 0.5) is 0 Å². The summed E-state index contributed by atoms with van der Waals surface area (Å²) in [5.41, 5.74) is 8.01. The molecular formula is C64H42N6. The molecule has 0 unspecified atom stereocenters. The number of fused-ring (bicyclic) bond motifs is 2. The fourth-order valence-corrected chi connectivity index (χ4v) is 9.98. The Labute approximate surface area is 403 Å². The fraction of sp³-hybridized carbons (Fsp3) is 0. The van der Waals surface area contributed by atoms with Crippen molar-refractivity contribution in [3.8, 4) is 0 Å². The van der Waals surface area contributed by atoms with E-state index in [-0.39, 0.29) is 0 Å². The second-order valence-electron chi connectivity index (χ2n) is 17.6. The zero-order chi connectivity index (χ0) is 46.4. The molecule has 14 aromatic rings. The molecule has 0 saturated heterocycles. The maximum Gasteiger partial charge on any atom is 0.0828 e. The first kappa shape index (κ1) is 40.7. The van der Waals surface area contributed by atoms with Gasteiger partial charge in [-0.1, -0.05) is 158 Å². The zero-order valence-corrected chi connectivity index (χ0v) is 37.9. The van der Waals surface area contributed by atoms with Crippen LogP contribution in [0.1, 0.15) is 33.9 Å². The van der Waals surface area contributed by atoms with E-state index in [0.29, 0.717) is 0 Å². The van der Waals surface area contributed by atoms with Crippen LogP contribution in [0, 0.1) is 0 Å². The molecule has 0 radical (unpaired) electrons. The number of nitrogens with zero attached hydrogens (tertiary/aromatic N) is 6. The molecule has 0 atom stereocenters. The third-order valence-corrected chi connectivity index (χ3v) is 13.4. The molecule has 14 rings (SSSR count). The number of benzene rings is 10. The van der Waals surface area contributed by atoms with E-state index < -0.39 is 0 Å². The van der Waals surface area contributed by atoms with Gasteiger partial charge in [0.1, 0.15) is 0 Å². The van der Waals surface area contributed by atoms with Crippen LogP contribution in [0.15, 0.2) is 207 Å². The lowest BCUT2D eigenvalue weighted by molar-refractivity contribution is 1.15. The van der Waals surface area contributed by atoms with Crippen LogP contribution in [0.3, 0.4) is 0 Å². The van der Waals surface area contributed by atoms with Crippen molar-refractivity contribution in [3.63, 3.8) is 0 Å². The largest absolute Gasteiger partial charge is 0.323 e. The molecule has 0 bridgehead atoms. The number of rotatable bonds is 8. The summed E-state index contributed by atoms with van der Waals surface area (Å²) in [5, 5.41) is 17.9. The van der Waals surface area contributed by atoms with E-state index in [2.05, 4.69) is 177 Å². The molecule has 0 N–H and O–H groups in total. The van der Waals surface area contributed by atoms with Gasteiger partial charge in [-0.25, -0.2) is 0 Å². The molecule has 4 aromatic heterocycles. The average Bonchev–Trinajstić information content (AvgIpc) is 4.04. The van der Waals surface area contributed by atoms with Gasteiger partial charge in [0.05, 0.1) is 58.6 Å². The second kappa shape index (κ2) is 17.3. The van der Waals surface area contributed by atoms with Crippen molar-refractivity contribution in [1.82, 2.24) is 29.1 Å². The van der Waals surface area contributed by atoms with Crippen molar-refractivity contribution >= 4 is 135 Å². The SMILES string of the molecule is C(=Cc1ccc2ccc3cccc4ccc1c2c34)c1cnc(C=Cc2ccc3ccc4cccc5ccc2c3c45)cn1.C(=Cn1ccc2ccccc21)c1cnc(C=Cn2ccc3ccccc32)cn1. The van der Waals surface area contributed by atoms with Crippen LogP contribution >= 0.6 is 0 Å². The first-order valence-corrected chi connectivity index (χ1v) is 23.5. The summed E-state index contributed by atoms with van der Waals surface area (Å²) in [5.74, 6) is 0. The van der Waals surface area contributed by atoms with Crippen molar-refractivity contribution in [2.75, 3.05) is 0 Å². The van der Waals surface area contributed by atoms with E-state index in [1.807, 2.05) is 85.8 Å². The van der Waals surface area contributed by atoms with E-state index in [4.69, 9.17) is 9.97 Å². The number of para-hydroxylation sites is 2. The highest BCUT2D eigenvalue weighted by atomic mass is 14.9. The third-order valence-electron chi connectivity index (χ3n) is 13.4. The minimum absolute atomic E-state index is 0.821. The molecule has 0 aliphatic rings. The molecule has 6 nitrogen and oxygen atoms in total. The minimum atomic E-state index is 0.821. The van der Waals surface area contributed by atoms with Gasteiger partial charge in [-0.2, -0.15) is 0 Å². The summed E-state index contributed by atoms with van der Waals surface area (Å²) in [6, 6.07) is 60.5. The summed E-state index contributed by atoms with van der Waals surface area (Å²) in [6.45, 7) is 0. The van der Waals surface area contributed by atoms with Gasteiger partial charge in [-0.05, 0) is 135 Å². The van der Waals surface area contributed by atoms with Crippen molar-refractivity contribution in [1.29, 1.82) is 0 Å². The molecule has 0 aliphatic carbocycles. The number of hydrogen-bond donors (Lipinski definition) is 0. The Hall–Kier alpha value is -9.52. The quantitative estimate of drug-likeness (QED) is 0.143. The zero-order valence-electron chi connectivity index (χ0n) is 37.9.